The van der Waals surface area contributed by atoms with Gasteiger partial charge in [-0.3, -0.25) is 9.36 Å². The van der Waals surface area contributed by atoms with Crippen molar-refractivity contribution >= 4 is 35.0 Å². The molecule has 0 aliphatic carbocycles. The highest BCUT2D eigenvalue weighted by molar-refractivity contribution is 7.99. The number of halogens is 1. The van der Waals surface area contributed by atoms with Crippen molar-refractivity contribution in [2.45, 2.75) is 18.7 Å². The summed E-state index contributed by atoms with van der Waals surface area (Å²) in [5.41, 5.74) is 2.52. The standard InChI is InChI=1S/C25H23ClN4O3S/c1-17-12-13-22(32-2)20(14-17)27-24(31)16-34-25-29-28-23(30(25)18-8-4-3-5-9-18)15-33-21-11-7-6-10-19(21)26/h3-14H,15-16H2,1-2H3,(H,27,31). The van der Waals surface area contributed by atoms with Gasteiger partial charge in [0.2, 0.25) is 5.91 Å². The predicted octanol–water partition coefficient (Wildman–Crippen LogP) is 5.55. The van der Waals surface area contributed by atoms with E-state index in [2.05, 4.69) is 15.5 Å². The molecule has 3 aromatic carbocycles. The third-order valence-electron chi connectivity index (χ3n) is 4.87. The van der Waals surface area contributed by atoms with E-state index in [0.29, 0.717) is 33.2 Å². The number of ether oxygens (including phenoxy) is 2. The van der Waals surface area contributed by atoms with Crippen LogP contribution in [0.5, 0.6) is 11.5 Å². The highest BCUT2D eigenvalue weighted by atomic mass is 35.5. The molecule has 0 aliphatic rings. The van der Waals surface area contributed by atoms with Gasteiger partial charge < -0.3 is 14.8 Å². The number of anilines is 1. The summed E-state index contributed by atoms with van der Waals surface area (Å²) < 4.78 is 13.1. The second-order valence-corrected chi connectivity index (χ2v) is 8.68. The fourth-order valence-electron chi connectivity index (χ4n) is 3.26. The number of rotatable bonds is 9. The van der Waals surface area contributed by atoms with E-state index in [4.69, 9.17) is 21.1 Å². The average molecular weight is 495 g/mol. The molecule has 0 spiro atoms. The molecule has 9 heteroatoms. The van der Waals surface area contributed by atoms with Gasteiger partial charge in [-0.05, 0) is 48.9 Å². The van der Waals surface area contributed by atoms with E-state index in [-0.39, 0.29) is 18.3 Å². The number of amides is 1. The summed E-state index contributed by atoms with van der Waals surface area (Å²) in [6.07, 6.45) is 0. The van der Waals surface area contributed by atoms with Gasteiger partial charge in [-0.2, -0.15) is 0 Å². The van der Waals surface area contributed by atoms with Gasteiger partial charge in [-0.1, -0.05) is 59.8 Å². The molecule has 0 saturated heterocycles. The van der Waals surface area contributed by atoms with Gasteiger partial charge >= 0.3 is 0 Å². The number of carbonyl (C=O) groups is 1. The summed E-state index contributed by atoms with van der Waals surface area (Å²) in [6, 6.07) is 22.6. The first-order chi connectivity index (χ1) is 16.5. The lowest BCUT2D eigenvalue weighted by Crippen LogP contribution is -2.15. The van der Waals surface area contributed by atoms with E-state index >= 15 is 0 Å². The van der Waals surface area contributed by atoms with Gasteiger partial charge in [0.1, 0.15) is 18.1 Å². The first-order valence-electron chi connectivity index (χ1n) is 10.5. The topological polar surface area (TPSA) is 78.3 Å². The van der Waals surface area contributed by atoms with Crippen molar-refractivity contribution < 1.29 is 14.3 Å². The van der Waals surface area contributed by atoms with Gasteiger partial charge in [0.25, 0.3) is 0 Å². The summed E-state index contributed by atoms with van der Waals surface area (Å²) in [4.78, 5) is 12.7. The molecule has 1 N–H and O–H groups in total. The lowest BCUT2D eigenvalue weighted by atomic mass is 10.2. The van der Waals surface area contributed by atoms with Crippen LogP contribution in [0.3, 0.4) is 0 Å². The molecule has 7 nitrogen and oxygen atoms in total. The lowest BCUT2D eigenvalue weighted by Gasteiger charge is -2.12. The number of aromatic nitrogens is 3. The number of methoxy groups -OCH3 is 1. The molecule has 34 heavy (non-hydrogen) atoms. The van der Waals surface area contributed by atoms with Gasteiger partial charge in [0.05, 0.1) is 23.6 Å². The molecule has 0 unspecified atom stereocenters. The van der Waals surface area contributed by atoms with Crippen LogP contribution >= 0.6 is 23.4 Å². The molecular formula is C25H23ClN4O3S. The smallest absolute Gasteiger partial charge is 0.234 e. The fourth-order valence-corrected chi connectivity index (χ4v) is 4.22. The molecule has 0 saturated carbocycles. The number of benzene rings is 3. The third kappa shape index (κ3) is 5.70. The SMILES string of the molecule is COc1ccc(C)cc1NC(=O)CSc1nnc(COc2ccccc2Cl)n1-c1ccccc1. The highest BCUT2D eigenvalue weighted by Crippen LogP contribution is 2.28. The van der Waals surface area contributed by atoms with Crippen LogP contribution in [0.4, 0.5) is 5.69 Å². The van der Waals surface area contributed by atoms with E-state index < -0.39 is 0 Å². The number of nitrogens with one attached hydrogen (secondary N) is 1. The van der Waals surface area contributed by atoms with Crippen LogP contribution in [-0.4, -0.2) is 33.5 Å². The minimum absolute atomic E-state index is 0.146. The molecule has 174 valence electrons. The van der Waals surface area contributed by atoms with Crippen LogP contribution in [0.15, 0.2) is 78.0 Å². The number of thioether (sulfide) groups is 1. The van der Waals surface area contributed by atoms with Crippen LogP contribution in [0, 0.1) is 6.92 Å². The fraction of sp³-hybridized carbons (Fsp3) is 0.160. The minimum Gasteiger partial charge on any atom is -0.495 e. The Morgan fingerprint density at radius 2 is 1.79 bits per heavy atom. The molecule has 4 aromatic rings. The number of hydrogen-bond acceptors (Lipinski definition) is 6. The predicted molar refractivity (Wildman–Crippen MR) is 134 cm³/mol. The molecule has 0 bridgehead atoms. The van der Waals surface area contributed by atoms with Crippen LogP contribution in [0.1, 0.15) is 11.4 Å². The maximum absolute atomic E-state index is 12.7. The zero-order valence-electron chi connectivity index (χ0n) is 18.7. The average Bonchev–Trinajstić information content (AvgIpc) is 3.26. The first-order valence-corrected chi connectivity index (χ1v) is 11.9. The van der Waals surface area contributed by atoms with E-state index in [1.54, 1.807) is 19.2 Å². The Bertz CT molecular complexity index is 1280. The van der Waals surface area contributed by atoms with Crippen LogP contribution < -0.4 is 14.8 Å². The minimum atomic E-state index is -0.176. The first kappa shape index (κ1) is 23.7. The zero-order chi connectivity index (χ0) is 23.9. The molecule has 1 aromatic heterocycles. The van der Waals surface area contributed by atoms with E-state index in [1.165, 1.54) is 11.8 Å². The van der Waals surface area contributed by atoms with Crippen molar-refractivity contribution in [2.75, 3.05) is 18.2 Å². The monoisotopic (exact) mass is 494 g/mol. The summed E-state index contributed by atoms with van der Waals surface area (Å²) in [5.74, 6) is 1.73. The number of para-hydroxylation sites is 2. The van der Waals surface area contributed by atoms with Gasteiger partial charge in [-0.15, -0.1) is 10.2 Å². The van der Waals surface area contributed by atoms with E-state index in [1.807, 2.05) is 72.2 Å². The summed E-state index contributed by atoms with van der Waals surface area (Å²) in [6.45, 7) is 2.12. The summed E-state index contributed by atoms with van der Waals surface area (Å²) in [7, 11) is 1.57. The number of hydrogen-bond donors (Lipinski definition) is 1. The Morgan fingerprint density at radius 3 is 2.56 bits per heavy atom. The molecule has 0 aliphatic heterocycles. The van der Waals surface area contributed by atoms with Crippen LogP contribution in [0.2, 0.25) is 5.02 Å². The molecule has 4 rings (SSSR count). The van der Waals surface area contributed by atoms with Crippen molar-refractivity contribution in [3.63, 3.8) is 0 Å². The molecule has 0 fully saturated rings. The number of nitrogens with zero attached hydrogens (tertiary/aromatic N) is 3. The van der Waals surface area contributed by atoms with Crippen LogP contribution in [-0.2, 0) is 11.4 Å². The van der Waals surface area contributed by atoms with E-state index in [0.717, 1.165) is 11.3 Å². The Balaban J connectivity index is 1.51. The van der Waals surface area contributed by atoms with E-state index in [9.17, 15) is 4.79 Å². The lowest BCUT2D eigenvalue weighted by molar-refractivity contribution is -0.113. The molecule has 1 heterocycles. The third-order valence-corrected chi connectivity index (χ3v) is 6.11. The van der Waals surface area contributed by atoms with Crippen molar-refractivity contribution in [1.82, 2.24) is 14.8 Å². The van der Waals surface area contributed by atoms with Gasteiger partial charge in [0, 0.05) is 5.69 Å². The Hall–Kier alpha value is -3.49. The second kappa shape index (κ2) is 11.1. The van der Waals surface area contributed by atoms with Crippen molar-refractivity contribution in [3.05, 3.63) is 89.2 Å². The summed E-state index contributed by atoms with van der Waals surface area (Å²) in [5, 5.41) is 12.6. The Morgan fingerprint density at radius 1 is 1.03 bits per heavy atom. The maximum Gasteiger partial charge on any atom is 0.234 e. The molecule has 0 atom stereocenters. The maximum atomic E-state index is 12.7. The summed E-state index contributed by atoms with van der Waals surface area (Å²) >= 11 is 7.50. The van der Waals surface area contributed by atoms with Crippen molar-refractivity contribution in [3.8, 4) is 17.2 Å². The number of carbonyl (C=O) groups excluding carboxylic acids is 1. The number of aryl methyl sites for hydroxylation is 1. The quantitative estimate of drug-likeness (QED) is 0.307. The largest absolute Gasteiger partial charge is 0.495 e. The molecule has 1 amide bonds. The Kier molecular flexibility index (Phi) is 7.72. The van der Waals surface area contributed by atoms with Crippen molar-refractivity contribution in [1.29, 1.82) is 0 Å². The molecular weight excluding hydrogens is 472 g/mol. The van der Waals surface area contributed by atoms with Crippen molar-refractivity contribution in [2.24, 2.45) is 0 Å². The zero-order valence-corrected chi connectivity index (χ0v) is 20.3. The highest BCUT2D eigenvalue weighted by Gasteiger charge is 2.17. The second-order valence-electron chi connectivity index (χ2n) is 7.33. The molecule has 0 radical (unpaired) electrons. The van der Waals surface area contributed by atoms with Crippen LogP contribution in [0.25, 0.3) is 5.69 Å². The Labute approximate surface area is 207 Å². The van der Waals surface area contributed by atoms with Gasteiger partial charge in [0.15, 0.2) is 11.0 Å². The van der Waals surface area contributed by atoms with Gasteiger partial charge in [-0.25, -0.2) is 0 Å². The normalized spacial score (nSPS) is 10.7.